The van der Waals surface area contributed by atoms with Gasteiger partial charge in [-0.25, -0.2) is 0 Å². The number of carbonyl (C=O) groups is 2. The molecule has 4 nitrogen and oxygen atoms in total. The number of nitrogens with one attached hydrogen (secondary N) is 1. The Bertz CT molecular complexity index is 1080. The molecule has 0 aromatic heterocycles. The average Bonchev–Trinajstić information content (AvgIpc) is 2.73. The van der Waals surface area contributed by atoms with Crippen LogP contribution in [0.25, 0.3) is 6.08 Å². The largest absolute Gasteiger partial charge is 0.322 e. The molecule has 0 bridgehead atoms. The SMILES string of the molecule is N#C/C(=C/c1cccc(NC(=O)c2ccc(Cl)cc2)c1)C(=O)c1ccccc1. The predicted molar refractivity (Wildman–Crippen MR) is 110 cm³/mol. The molecular weight excluding hydrogens is 372 g/mol. The van der Waals surface area contributed by atoms with Crippen molar-refractivity contribution >= 4 is 35.1 Å². The van der Waals surface area contributed by atoms with Gasteiger partial charge in [-0.2, -0.15) is 5.26 Å². The molecule has 1 N–H and O–H groups in total. The maximum Gasteiger partial charge on any atom is 0.255 e. The van der Waals surface area contributed by atoms with E-state index in [1.54, 1.807) is 78.9 Å². The van der Waals surface area contributed by atoms with Gasteiger partial charge in [-0.1, -0.05) is 54.1 Å². The van der Waals surface area contributed by atoms with E-state index in [0.29, 0.717) is 27.4 Å². The second-order valence-corrected chi connectivity index (χ2v) is 6.39. The Balaban J connectivity index is 1.81. The normalized spacial score (nSPS) is 10.8. The molecule has 0 fully saturated rings. The van der Waals surface area contributed by atoms with Gasteiger partial charge in [0.1, 0.15) is 11.6 Å². The van der Waals surface area contributed by atoms with Gasteiger partial charge < -0.3 is 5.32 Å². The summed E-state index contributed by atoms with van der Waals surface area (Å²) < 4.78 is 0. The lowest BCUT2D eigenvalue weighted by Gasteiger charge is -2.07. The lowest BCUT2D eigenvalue weighted by Crippen LogP contribution is -2.11. The van der Waals surface area contributed by atoms with Gasteiger partial charge in [-0.3, -0.25) is 9.59 Å². The minimum Gasteiger partial charge on any atom is -0.322 e. The zero-order chi connectivity index (χ0) is 19.9. The van der Waals surface area contributed by atoms with Gasteiger partial charge in [0.05, 0.1) is 0 Å². The summed E-state index contributed by atoms with van der Waals surface area (Å²) in [6, 6.07) is 24.1. The molecule has 3 aromatic carbocycles. The number of rotatable bonds is 5. The Morgan fingerprint density at radius 3 is 2.29 bits per heavy atom. The zero-order valence-corrected chi connectivity index (χ0v) is 15.5. The number of nitrogens with zero attached hydrogens (tertiary/aromatic N) is 1. The summed E-state index contributed by atoms with van der Waals surface area (Å²) in [5.41, 5.74) is 2.13. The number of amides is 1. The minimum atomic E-state index is -0.348. The molecule has 1 amide bonds. The van der Waals surface area contributed by atoms with Crippen LogP contribution in [0.4, 0.5) is 5.69 Å². The number of allylic oxidation sites excluding steroid dienone is 1. The van der Waals surface area contributed by atoms with E-state index < -0.39 is 0 Å². The van der Waals surface area contributed by atoms with E-state index in [1.807, 2.05) is 6.07 Å². The zero-order valence-electron chi connectivity index (χ0n) is 14.7. The fourth-order valence-corrected chi connectivity index (χ4v) is 2.70. The monoisotopic (exact) mass is 386 g/mol. The highest BCUT2D eigenvalue weighted by Gasteiger charge is 2.12. The maximum absolute atomic E-state index is 12.5. The van der Waals surface area contributed by atoms with Crippen LogP contribution in [0, 0.1) is 11.3 Å². The summed E-state index contributed by atoms with van der Waals surface area (Å²) in [5.74, 6) is -0.627. The molecule has 0 unspecified atom stereocenters. The van der Waals surface area contributed by atoms with Gasteiger partial charge >= 0.3 is 0 Å². The predicted octanol–water partition coefficient (Wildman–Crippen LogP) is 5.38. The van der Waals surface area contributed by atoms with Gasteiger partial charge in [-0.15, -0.1) is 0 Å². The standard InChI is InChI=1S/C23H15ClN2O2/c24-20-11-9-18(10-12-20)23(28)26-21-8-4-5-16(14-21)13-19(15-25)22(27)17-6-2-1-3-7-17/h1-14H,(H,26,28)/b19-13-. The lowest BCUT2D eigenvalue weighted by molar-refractivity contribution is 0.102. The van der Waals surface area contributed by atoms with Crippen molar-refractivity contribution in [1.82, 2.24) is 0 Å². The van der Waals surface area contributed by atoms with Crippen LogP contribution in [0.1, 0.15) is 26.3 Å². The highest BCUT2D eigenvalue weighted by molar-refractivity contribution is 6.30. The Morgan fingerprint density at radius 1 is 0.893 bits per heavy atom. The number of halogens is 1. The summed E-state index contributed by atoms with van der Waals surface area (Å²) in [4.78, 5) is 24.8. The van der Waals surface area contributed by atoms with Crippen molar-refractivity contribution in [2.75, 3.05) is 5.32 Å². The van der Waals surface area contributed by atoms with Crippen LogP contribution < -0.4 is 5.32 Å². The number of hydrogen-bond acceptors (Lipinski definition) is 3. The molecule has 0 heterocycles. The Kier molecular flexibility index (Phi) is 6.01. The van der Waals surface area contributed by atoms with E-state index >= 15 is 0 Å². The maximum atomic E-state index is 12.5. The molecule has 0 atom stereocenters. The molecule has 0 aliphatic rings. The smallest absolute Gasteiger partial charge is 0.255 e. The first-order valence-electron chi connectivity index (χ1n) is 8.45. The number of Topliss-reactive ketones (excluding diaryl/α,β-unsaturated/α-hetero) is 1. The summed E-state index contributed by atoms with van der Waals surface area (Å²) in [6.07, 6.45) is 1.51. The third-order valence-corrected chi connectivity index (χ3v) is 4.21. The quantitative estimate of drug-likeness (QED) is 0.363. The second kappa shape index (κ2) is 8.81. The molecular formula is C23H15ClN2O2. The fraction of sp³-hybridized carbons (Fsp3) is 0. The number of carbonyl (C=O) groups excluding carboxylic acids is 2. The van der Waals surface area contributed by atoms with Gasteiger partial charge in [0.15, 0.2) is 0 Å². The van der Waals surface area contributed by atoms with Crippen molar-refractivity contribution in [2.45, 2.75) is 0 Å². The van der Waals surface area contributed by atoms with Crippen LogP contribution in [-0.4, -0.2) is 11.7 Å². The second-order valence-electron chi connectivity index (χ2n) is 5.95. The van der Waals surface area contributed by atoms with Crippen molar-refractivity contribution in [3.8, 4) is 6.07 Å². The van der Waals surface area contributed by atoms with E-state index in [1.165, 1.54) is 6.08 Å². The molecule has 0 aliphatic carbocycles. The molecule has 5 heteroatoms. The topological polar surface area (TPSA) is 70.0 Å². The van der Waals surface area contributed by atoms with Crippen molar-refractivity contribution < 1.29 is 9.59 Å². The first kappa shape index (κ1) is 19.1. The lowest BCUT2D eigenvalue weighted by atomic mass is 10.0. The Morgan fingerprint density at radius 2 is 1.61 bits per heavy atom. The molecule has 136 valence electrons. The molecule has 0 spiro atoms. The molecule has 0 saturated heterocycles. The van der Waals surface area contributed by atoms with E-state index in [0.717, 1.165) is 0 Å². The van der Waals surface area contributed by atoms with Crippen LogP contribution in [0.5, 0.6) is 0 Å². The average molecular weight is 387 g/mol. The number of benzene rings is 3. The van der Waals surface area contributed by atoms with Crippen LogP contribution in [0.2, 0.25) is 5.02 Å². The Hall–Kier alpha value is -3.68. The highest BCUT2D eigenvalue weighted by atomic mass is 35.5. The first-order chi connectivity index (χ1) is 13.6. The van der Waals surface area contributed by atoms with Crippen LogP contribution in [0.3, 0.4) is 0 Å². The van der Waals surface area contributed by atoms with Gasteiger partial charge in [0, 0.05) is 21.8 Å². The first-order valence-corrected chi connectivity index (χ1v) is 8.83. The molecule has 3 aromatic rings. The highest BCUT2D eigenvalue weighted by Crippen LogP contribution is 2.17. The van der Waals surface area contributed by atoms with Crippen molar-refractivity contribution in [3.63, 3.8) is 0 Å². The molecule has 0 saturated carbocycles. The number of ketones is 1. The van der Waals surface area contributed by atoms with Crippen molar-refractivity contribution in [3.05, 3.63) is 106 Å². The van der Waals surface area contributed by atoms with Gasteiger partial charge in [0.2, 0.25) is 5.78 Å². The summed E-state index contributed by atoms with van der Waals surface area (Å²) in [7, 11) is 0. The van der Waals surface area contributed by atoms with E-state index in [9.17, 15) is 14.9 Å². The molecule has 0 radical (unpaired) electrons. The van der Waals surface area contributed by atoms with E-state index in [-0.39, 0.29) is 17.3 Å². The third-order valence-electron chi connectivity index (χ3n) is 3.96. The van der Waals surface area contributed by atoms with Gasteiger partial charge in [0.25, 0.3) is 5.91 Å². The summed E-state index contributed by atoms with van der Waals surface area (Å²) in [5, 5.41) is 12.7. The van der Waals surface area contributed by atoms with Gasteiger partial charge in [-0.05, 0) is 48.0 Å². The third kappa shape index (κ3) is 4.73. The van der Waals surface area contributed by atoms with Crippen molar-refractivity contribution in [1.29, 1.82) is 5.26 Å². The number of hydrogen-bond donors (Lipinski definition) is 1. The number of nitriles is 1. The molecule has 28 heavy (non-hydrogen) atoms. The van der Waals surface area contributed by atoms with Crippen LogP contribution in [-0.2, 0) is 0 Å². The fourth-order valence-electron chi connectivity index (χ4n) is 2.57. The van der Waals surface area contributed by atoms with Crippen LogP contribution >= 0.6 is 11.6 Å². The minimum absolute atomic E-state index is 0.0207. The molecule has 3 rings (SSSR count). The van der Waals surface area contributed by atoms with Crippen LogP contribution in [0.15, 0.2) is 84.4 Å². The Labute approximate surface area is 167 Å². The number of anilines is 1. The molecule has 0 aliphatic heterocycles. The summed E-state index contributed by atoms with van der Waals surface area (Å²) >= 11 is 5.84. The summed E-state index contributed by atoms with van der Waals surface area (Å²) in [6.45, 7) is 0. The van der Waals surface area contributed by atoms with E-state index in [2.05, 4.69) is 5.32 Å². The van der Waals surface area contributed by atoms with E-state index in [4.69, 9.17) is 11.6 Å². The van der Waals surface area contributed by atoms with Crippen molar-refractivity contribution in [2.24, 2.45) is 0 Å².